The largest absolute Gasteiger partial charge is 0.465 e. The second-order valence-electron chi connectivity index (χ2n) is 5.23. The number of hydrogen-bond donors (Lipinski definition) is 1. The molecule has 3 aromatic rings. The first-order chi connectivity index (χ1) is 13.1. The Morgan fingerprint density at radius 2 is 2.00 bits per heavy atom. The molecule has 2 heterocycles. The molecule has 0 bridgehead atoms. The predicted molar refractivity (Wildman–Crippen MR) is 99.5 cm³/mol. The van der Waals surface area contributed by atoms with Gasteiger partial charge in [0.25, 0.3) is 0 Å². The van der Waals surface area contributed by atoms with E-state index in [2.05, 4.69) is 20.2 Å². The highest BCUT2D eigenvalue weighted by Gasteiger charge is 2.15. The third-order valence-electron chi connectivity index (χ3n) is 3.35. The van der Waals surface area contributed by atoms with Crippen molar-refractivity contribution >= 4 is 34.6 Å². The number of methoxy groups -OCH3 is 1. The van der Waals surface area contributed by atoms with Gasteiger partial charge in [0.05, 0.1) is 25.3 Å². The van der Waals surface area contributed by atoms with Crippen LogP contribution in [0, 0.1) is 6.92 Å². The lowest BCUT2D eigenvalue weighted by Gasteiger charge is -2.02. The Balaban J connectivity index is 1.58. The highest BCUT2D eigenvalue weighted by atomic mass is 32.1. The van der Waals surface area contributed by atoms with Crippen molar-refractivity contribution < 1.29 is 23.5 Å². The molecule has 0 unspecified atom stereocenters. The quantitative estimate of drug-likeness (QED) is 0.300. The van der Waals surface area contributed by atoms with Crippen LogP contribution in [0.4, 0.5) is 5.13 Å². The van der Waals surface area contributed by atoms with E-state index in [1.807, 2.05) is 0 Å². The molecule has 0 aliphatic rings. The monoisotopic (exact) mass is 385 g/mol. The van der Waals surface area contributed by atoms with Gasteiger partial charge in [-0.1, -0.05) is 11.3 Å². The molecule has 0 fully saturated rings. The van der Waals surface area contributed by atoms with Gasteiger partial charge in [0, 0.05) is 0 Å². The molecule has 1 N–H and O–H groups in total. The molecule has 1 aromatic carbocycles. The van der Waals surface area contributed by atoms with Crippen LogP contribution in [0.25, 0.3) is 0 Å². The van der Waals surface area contributed by atoms with E-state index in [0.717, 1.165) is 16.9 Å². The number of nitrogens with zero attached hydrogens (tertiary/aromatic N) is 2. The number of aryl methyl sites for hydroxylation is 1. The molecule has 0 aliphatic carbocycles. The van der Waals surface area contributed by atoms with Gasteiger partial charge >= 0.3 is 11.9 Å². The van der Waals surface area contributed by atoms with Gasteiger partial charge in [-0.3, -0.25) is 5.43 Å². The Morgan fingerprint density at radius 3 is 2.67 bits per heavy atom. The van der Waals surface area contributed by atoms with Gasteiger partial charge in [-0.2, -0.15) is 5.10 Å². The van der Waals surface area contributed by atoms with Crippen LogP contribution in [-0.4, -0.2) is 30.2 Å². The highest BCUT2D eigenvalue weighted by Crippen LogP contribution is 2.23. The fraction of sp³-hybridized carbons (Fsp3) is 0.111. The van der Waals surface area contributed by atoms with Crippen molar-refractivity contribution in [3.05, 3.63) is 64.6 Å². The summed E-state index contributed by atoms with van der Waals surface area (Å²) in [7, 11) is 1.32. The lowest BCUT2D eigenvalue weighted by molar-refractivity contribution is 0.0604. The smallest absolute Gasteiger partial charge is 0.379 e. The molecule has 0 spiro atoms. The summed E-state index contributed by atoms with van der Waals surface area (Å²) < 4.78 is 14.9. The van der Waals surface area contributed by atoms with Crippen LogP contribution in [-0.2, 0) is 4.74 Å². The summed E-state index contributed by atoms with van der Waals surface area (Å²) in [5, 5.41) is 4.56. The van der Waals surface area contributed by atoms with Crippen LogP contribution >= 0.6 is 11.3 Å². The summed E-state index contributed by atoms with van der Waals surface area (Å²) in [5.74, 6) is -0.472. The molecule has 0 atom stereocenters. The van der Waals surface area contributed by atoms with Crippen LogP contribution in [0.15, 0.2) is 52.2 Å². The minimum atomic E-state index is -0.566. The summed E-state index contributed by atoms with van der Waals surface area (Å²) in [4.78, 5) is 28.0. The summed E-state index contributed by atoms with van der Waals surface area (Å²) in [6, 6.07) is 9.91. The minimum absolute atomic E-state index is 0.134. The van der Waals surface area contributed by atoms with Crippen molar-refractivity contribution in [2.24, 2.45) is 5.10 Å². The molecule has 0 saturated heterocycles. The van der Waals surface area contributed by atoms with Crippen LogP contribution < -0.4 is 10.2 Å². The van der Waals surface area contributed by atoms with Gasteiger partial charge in [0.2, 0.25) is 10.9 Å². The SMILES string of the molecule is COC(=O)c1sc(N/N=C/c2ccc(OC(=O)c3ccco3)cc2)nc1C. The van der Waals surface area contributed by atoms with Gasteiger partial charge in [-0.15, -0.1) is 0 Å². The average Bonchev–Trinajstić information content (AvgIpc) is 3.32. The highest BCUT2D eigenvalue weighted by molar-refractivity contribution is 7.17. The lowest BCUT2D eigenvalue weighted by atomic mass is 10.2. The first-order valence-electron chi connectivity index (χ1n) is 7.77. The van der Waals surface area contributed by atoms with Gasteiger partial charge in [0.1, 0.15) is 10.6 Å². The third-order valence-corrected chi connectivity index (χ3v) is 4.40. The van der Waals surface area contributed by atoms with Crippen LogP contribution in [0.2, 0.25) is 0 Å². The fourth-order valence-electron chi connectivity index (χ4n) is 2.06. The molecule has 0 amide bonds. The molecule has 0 radical (unpaired) electrons. The summed E-state index contributed by atoms with van der Waals surface area (Å²) in [6.45, 7) is 1.72. The maximum Gasteiger partial charge on any atom is 0.379 e. The lowest BCUT2D eigenvalue weighted by Crippen LogP contribution is -2.07. The molecule has 0 saturated carbocycles. The van der Waals surface area contributed by atoms with Crippen molar-refractivity contribution in [2.75, 3.05) is 12.5 Å². The topological polar surface area (TPSA) is 103 Å². The number of hydrogen-bond acceptors (Lipinski definition) is 9. The number of rotatable bonds is 6. The van der Waals surface area contributed by atoms with E-state index in [9.17, 15) is 9.59 Å². The molecule has 3 rings (SSSR count). The van der Waals surface area contributed by atoms with E-state index < -0.39 is 11.9 Å². The standard InChI is InChI=1S/C18H15N3O5S/c1-11-15(17(23)24-2)27-18(20-11)21-19-10-12-5-7-13(8-6-12)26-16(22)14-4-3-9-25-14/h3-10H,1-2H3,(H,20,21)/b19-10+. The zero-order chi connectivity index (χ0) is 19.2. The molecule has 9 heteroatoms. The number of carbonyl (C=O) groups is 2. The zero-order valence-corrected chi connectivity index (χ0v) is 15.3. The maximum atomic E-state index is 11.8. The number of carbonyl (C=O) groups excluding carboxylic acids is 2. The summed E-state index contributed by atoms with van der Waals surface area (Å²) >= 11 is 1.16. The zero-order valence-electron chi connectivity index (χ0n) is 14.5. The molecule has 27 heavy (non-hydrogen) atoms. The number of nitrogens with one attached hydrogen (secondary N) is 1. The minimum Gasteiger partial charge on any atom is -0.465 e. The Hall–Kier alpha value is -3.46. The third kappa shape index (κ3) is 4.59. The molecule has 138 valence electrons. The summed E-state index contributed by atoms with van der Waals surface area (Å²) in [5.41, 5.74) is 4.13. The number of esters is 2. The van der Waals surface area contributed by atoms with Crippen molar-refractivity contribution in [2.45, 2.75) is 6.92 Å². The first-order valence-corrected chi connectivity index (χ1v) is 8.59. The van der Waals surface area contributed by atoms with E-state index in [-0.39, 0.29) is 5.76 Å². The number of ether oxygens (including phenoxy) is 2. The first kappa shape index (κ1) is 18.3. The Kier molecular flexibility index (Phi) is 5.62. The fourth-order valence-corrected chi connectivity index (χ4v) is 2.90. The van der Waals surface area contributed by atoms with Crippen LogP contribution in [0.1, 0.15) is 31.5 Å². The second-order valence-corrected chi connectivity index (χ2v) is 6.23. The van der Waals surface area contributed by atoms with Crippen LogP contribution in [0.3, 0.4) is 0 Å². The van der Waals surface area contributed by atoms with Gasteiger partial charge in [0.15, 0.2) is 0 Å². The summed E-state index contributed by atoms with van der Waals surface area (Å²) in [6.07, 6.45) is 2.98. The van der Waals surface area contributed by atoms with E-state index in [1.165, 1.54) is 19.4 Å². The molecule has 2 aromatic heterocycles. The van der Waals surface area contributed by atoms with Gasteiger partial charge < -0.3 is 13.9 Å². The Labute approximate surface area is 158 Å². The van der Waals surface area contributed by atoms with E-state index in [0.29, 0.717) is 21.5 Å². The average molecular weight is 385 g/mol. The number of benzene rings is 1. The number of anilines is 1. The molecule has 8 nitrogen and oxygen atoms in total. The maximum absolute atomic E-state index is 11.8. The number of aromatic nitrogens is 1. The van der Waals surface area contributed by atoms with E-state index >= 15 is 0 Å². The number of thiazole rings is 1. The van der Waals surface area contributed by atoms with Crippen molar-refractivity contribution in [1.82, 2.24) is 4.98 Å². The molecular formula is C18H15N3O5S. The Bertz CT molecular complexity index is 962. The van der Waals surface area contributed by atoms with Gasteiger partial charge in [-0.25, -0.2) is 14.6 Å². The number of hydrazone groups is 1. The van der Waals surface area contributed by atoms with Crippen molar-refractivity contribution in [3.8, 4) is 5.75 Å². The Morgan fingerprint density at radius 1 is 1.22 bits per heavy atom. The number of furan rings is 1. The van der Waals surface area contributed by atoms with Crippen molar-refractivity contribution in [3.63, 3.8) is 0 Å². The van der Waals surface area contributed by atoms with Crippen molar-refractivity contribution in [1.29, 1.82) is 0 Å². The predicted octanol–water partition coefficient (Wildman–Crippen LogP) is 3.50. The second kappa shape index (κ2) is 8.28. The van der Waals surface area contributed by atoms with E-state index in [1.54, 1.807) is 43.5 Å². The van der Waals surface area contributed by atoms with E-state index in [4.69, 9.17) is 9.15 Å². The van der Waals surface area contributed by atoms with Crippen LogP contribution in [0.5, 0.6) is 5.75 Å². The molecular weight excluding hydrogens is 370 g/mol. The van der Waals surface area contributed by atoms with Gasteiger partial charge in [-0.05, 0) is 48.9 Å². The molecule has 0 aliphatic heterocycles. The normalized spacial score (nSPS) is 10.7.